The first-order valence-electron chi connectivity index (χ1n) is 36.9. The Bertz CT molecular complexity index is 3360. The zero-order chi connectivity index (χ0) is 77.1. The first-order valence-corrected chi connectivity index (χ1v) is 38.0. The Morgan fingerprint density at radius 2 is 0.764 bits per heavy atom. The Labute approximate surface area is 614 Å². The fraction of sp³-hybridized carbons (Fsp3) is 0.914. The number of carbonyl (C=O) groups is 2. The molecule has 14 saturated heterocycles. The van der Waals surface area contributed by atoms with E-state index in [1.54, 1.807) is 27.7 Å². The highest BCUT2D eigenvalue weighted by Gasteiger charge is 2.81. The van der Waals surface area contributed by atoms with Crippen molar-refractivity contribution in [1.82, 2.24) is 0 Å². The second-order valence-corrected chi connectivity index (χ2v) is 33.6. The molecule has 28 atom stereocenters. The van der Waals surface area contributed by atoms with E-state index < -0.39 is 190 Å². The number of fused-ring (bicyclic) bond motifs is 8. The van der Waals surface area contributed by atoms with Crippen molar-refractivity contribution in [3.05, 3.63) is 22.7 Å². The number of halogens is 14. The number of rotatable bonds is 10. The van der Waals surface area contributed by atoms with Crippen molar-refractivity contribution in [2.75, 3.05) is 25.1 Å². The smallest absolute Gasteiger partial charge is 0.449 e. The van der Waals surface area contributed by atoms with Crippen molar-refractivity contribution in [3.63, 3.8) is 0 Å². The molecular weight excluding hydrogens is 1490 g/mol. The van der Waals surface area contributed by atoms with Crippen LogP contribution in [-0.4, -0.2) is 149 Å². The van der Waals surface area contributed by atoms with Crippen molar-refractivity contribution < 1.29 is 154 Å². The van der Waals surface area contributed by atoms with Gasteiger partial charge in [0.05, 0.1) is 24.1 Å². The Morgan fingerprint density at radius 1 is 0.443 bits per heavy atom. The number of nitrogens with two attached hydrogens (primary N) is 1. The van der Waals surface area contributed by atoms with Crippen LogP contribution in [0, 0.1) is 82.9 Å². The van der Waals surface area contributed by atoms with Gasteiger partial charge >= 0.3 is 30.7 Å². The van der Waals surface area contributed by atoms with Gasteiger partial charge in [0.25, 0.3) is 11.6 Å². The average Bonchev–Trinajstić information content (AvgIpc) is 1.05. The minimum atomic E-state index is -5.05. The number of hydrogen-bond acceptors (Lipinski definition) is 21. The molecule has 4 aliphatic carbocycles. The van der Waals surface area contributed by atoms with Crippen LogP contribution in [0.15, 0.2) is 22.7 Å². The van der Waals surface area contributed by atoms with Crippen LogP contribution in [-0.2, 0) is 96.1 Å². The Kier molecular flexibility index (Phi) is 21.5. The maximum atomic E-state index is 15.2. The summed E-state index contributed by atoms with van der Waals surface area (Å²) in [5.74, 6) is -22.2. The summed E-state index contributed by atoms with van der Waals surface area (Å²) in [5, 5.41) is 9.70. The highest BCUT2D eigenvalue weighted by atomic mass is 35.5. The van der Waals surface area contributed by atoms with Crippen molar-refractivity contribution >= 4 is 35.0 Å². The van der Waals surface area contributed by atoms with Crippen molar-refractivity contribution in [3.8, 4) is 0 Å². The van der Waals surface area contributed by atoms with Crippen LogP contribution in [0.3, 0.4) is 0 Å². The van der Waals surface area contributed by atoms with Crippen LogP contribution in [0.1, 0.15) is 185 Å². The number of carboxylic acid groups (broad SMARTS) is 1. The summed E-state index contributed by atoms with van der Waals surface area (Å²) < 4.78 is 230. The van der Waals surface area contributed by atoms with E-state index in [1.165, 1.54) is 13.8 Å². The molecule has 3 N–H and O–H groups in total. The van der Waals surface area contributed by atoms with Gasteiger partial charge in [-0.05, 0) is 147 Å². The Hall–Kier alpha value is -2.72. The molecule has 4 spiro atoms. The lowest BCUT2D eigenvalue weighted by Crippen LogP contribution is -2.76. The average molecular weight is 1590 g/mol. The van der Waals surface area contributed by atoms with Gasteiger partial charge in [-0.2, -0.15) is 52.7 Å². The molecule has 16 aliphatic heterocycles. The van der Waals surface area contributed by atoms with E-state index in [2.05, 4.69) is 6.92 Å². The summed E-state index contributed by atoms with van der Waals surface area (Å²) in [7, 11) is 0. The van der Waals surface area contributed by atoms with Crippen LogP contribution >= 0.6 is 23.2 Å². The lowest BCUT2D eigenvalue weighted by atomic mass is 9.57. The standard InChI is InChI=1S/C35H46F6O10.C18H28F3NO5.C16H19F3O6.CH2Cl2/c1-17-8-10-22-19(3)33(35(39,40)41,47-28-31(22)20(17)12-15-30(5,46-28)49-50-31)43-16-6-7-24(42)25-23-11-9-18(2)21-13-14-29(4)45-27(32(21,23)51-48-29)44-26(25)34(36,37)38;1-10-4-5-13-11(2)17(18(19,20)21,23-9-8-22)25-14-16(13)12(10)6-7-15(3,24-14)26-27-16;1-7-3-4-9-10(12(20)21)11(16(17,18)19)22-13-15(9)8(7)5-6-14(2,23-13)24-25-15;2-1-3/h17-23,27-28H,6-16H2,1-5H3;10-14H,4-9,22H2,1-3H3;7-9,13H,3-6H2,1-2H3,(H,20,21);1H2/t17-,18-,19-,20?,21?,22+,23+,27-,28+,29-,30+,31-,32-,33-;10-,11-,12?,13+,14+,15+,16-,17-;7-,8?,9+,13-,14+,15-;/m111./s1. The topological polar surface area (TPSA) is 247 Å². The zero-order valence-electron chi connectivity index (χ0n) is 60.4. The Balaban J connectivity index is 0.000000152. The molecule has 0 aromatic rings. The molecule has 0 radical (unpaired) electrons. The van der Waals surface area contributed by atoms with E-state index in [9.17, 15) is 54.2 Å². The normalized spacial score (nSPS) is 48.7. The van der Waals surface area contributed by atoms with Crippen LogP contribution in [0.2, 0.25) is 0 Å². The minimum Gasteiger partial charge on any atom is -0.478 e. The van der Waals surface area contributed by atoms with Gasteiger partial charge in [0.2, 0.25) is 47.2 Å². The second kappa shape index (κ2) is 28.1. The van der Waals surface area contributed by atoms with Gasteiger partial charge in [-0.15, -0.1) is 23.2 Å². The number of ketones is 1. The predicted molar refractivity (Wildman–Crippen MR) is 337 cm³/mol. The molecule has 18 fully saturated rings. The summed E-state index contributed by atoms with van der Waals surface area (Å²) in [6, 6.07) is 0. The number of Topliss-reactive ketones (excluding diaryl/α,β-unsaturated/α-hetero) is 1. The predicted octanol–water partition coefficient (Wildman–Crippen LogP) is 15.2. The number of alkyl halides is 14. The number of allylic oxidation sites excluding steroid dienone is 2. The Morgan fingerprint density at radius 3 is 1.11 bits per heavy atom. The largest absolute Gasteiger partial charge is 0.478 e. The third kappa shape index (κ3) is 12.8. The van der Waals surface area contributed by atoms with Crippen LogP contribution in [0.5, 0.6) is 0 Å². The van der Waals surface area contributed by atoms with E-state index in [0.29, 0.717) is 77.0 Å². The molecule has 8 bridgehead atoms. The summed E-state index contributed by atoms with van der Waals surface area (Å²) in [6.07, 6.45) is -17.9. The second-order valence-electron chi connectivity index (χ2n) is 32.8. The molecule has 4 saturated carbocycles. The summed E-state index contributed by atoms with van der Waals surface area (Å²) >= 11 is 9.53. The van der Waals surface area contributed by atoms with Gasteiger partial charge in [0, 0.05) is 91.6 Å². The van der Waals surface area contributed by atoms with Gasteiger partial charge in [0.1, 0.15) is 0 Å². The maximum absolute atomic E-state index is 15.2. The number of hydrogen-bond donors (Lipinski definition) is 2. The fourth-order valence-electron chi connectivity index (χ4n) is 21.6. The van der Waals surface area contributed by atoms with Gasteiger partial charge in [-0.25, -0.2) is 43.9 Å². The fourth-order valence-corrected chi connectivity index (χ4v) is 21.6. The first-order chi connectivity index (χ1) is 49.4. The number of carboxylic acids is 1. The molecule has 36 heteroatoms. The molecule has 604 valence electrons. The van der Waals surface area contributed by atoms with E-state index in [4.69, 9.17) is 115 Å². The molecule has 106 heavy (non-hydrogen) atoms. The third-order valence-electron chi connectivity index (χ3n) is 26.7. The molecule has 0 amide bonds. The van der Waals surface area contributed by atoms with E-state index in [1.807, 2.05) is 20.8 Å². The SMILES string of the molecule is C[C@@H]1CC[C@H]2C(C(=O)CCCO[C@@]3(C(F)(F)F)O[C@@H]4O[C@]5(C)CCC6[C@H](C)CC[C@@H]([C@H]3C)[C@]64OO5)=C(C(F)(F)F)O[C@@H]3O[C@@]4(C)CCC1[C@]32OO4.C[C@@H]1CC[C@H]2C(C(=O)O)=C(C(F)(F)F)O[C@@H]3O[C@]4(C)CCC1[C@]32OO4.C[C@@H]1CC[C@H]2[C@@H](C)[C@](OCCN)(C(F)(F)F)O[C@@H]3O[C@]4(C)CCC1[C@]32OO4.ClCCl. The van der Waals surface area contributed by atoms with E-state index in [-0.39, 0.29) is 85.1 Å². The molecule has 4 unspecified atom stereocenters. The quantitative estimate of drug-likeness (QED) is 0.0893. The lowest BCUT2D eigenvalue weighted by Gasteiger charge is -2.62. The molecule has 20 aliphatic rings. The minimum absolute atomic E-state index is 0.00577. The van der Waals surface area contributed by atoms with E-state index in [0.717, 1.165) is 12.8 Å². The van der Waals surface area contributed by atoms with Crippen LogP contribution in [0.25, 0.3) is 0 Å². The monoisotopic (exact) mass is 1580 g/mol. The number of aliphatic carboxylic acids is 1. The number of ether oxygens (including phenoxy) is 10. The van der Waals surface area contributed by atoms with Gasteiger partial charge < -0.3 is 58.2 Å². The molecular formula is C70H95Cl2F12NO21. The van der Waals surface area contributed by atoms with Crippen molar-refractivity contribution in [2.45, 2.75) is 292 Å². The van der Waals surface area contributed by atoms with Gasteiger partial charge in [-0.1, -0.05) is 41.5 Å². The van der Waals surface area contributed by atoms with Gasteiger partial charge in [0.15, 0.2) is 40.8 Å². The lowest BCUT2D eigenvalue weighted by molar-refractivity contribution is -0.598. The highest BCUT2D eigenvalue weighted by molar-refractivity contribution is 6.40. The highest BCUT2D eigenvalue weighted by Crippen LogP contribution is 2.69. The maximum Gasteiger partial charge on any atom is 0.449 e. The summed E-state index contributed by atoms with van der Waals surface area (Å²) in [4.78, 5) is 71.4. The summed E-state index contributed by atoms with van der Waals surface area (Å²) in [5.41, 5.74) is -1.18. The molecule has 0 aromatic heterocycles. The third-order valence-corrected chi connectivity index (χ3v) is 26.7. The van der Waals surface area contributed by atoms with Crippen molar-refractivity contribution in [2.24, 2.45) is 88.6 Å². The summed E-state index contributed by atoms with van der Waals surface area (Å²) in [6.45, 7) is 16.5. The zero-order valence-corrected chi connectivity index (χ0v) is 61.9. The van der Waals surface area contributed by atoms with Crippen molar-refractivity contribution in [1.29, 1.82) is 0 Å². The van der Waals surface area contributed by atoms with Gasteiger partial charge in [-0.3, -0.25) is 4.79 Å². The molecule has 16 heterocycles. The number of carbonyl (C=O) groups excluding carboxylic acids is 1. The first kappa shape index (κ1) is 81.3. The van der Waals surface area contributed by atoms with Crippen LogP contribution in [0.4, 0.5) is 52.7 Å². The molecule has 20 rings (SSSR count). The molecule has 0 aromatic carbocycles. The van der Waals surface area contributed by atoms with E-state index >= 15 is 13.2 Å². The molecule has 22 nitrogen and oxygen atoms in total. The van der Waals surface area contributed by atoms with Crippen LogP contribution < -0.4 is 5.73 Å².